The van der Waals surface area contributed by atoms with Crippen LogP contribution in [0, 0.1) is 5.92 Å². The van der Waals surface area contributed by atoms with Crippen LogP contribution in [0.4, 0.5) is 0 Å². The molecule has 1 rings (SSSR count). The topological polar surface area (TPSA) is 79.2 Å². The standard InChI is InChI=1S/C8H16N4O2/c1-13-6-14-8-5-10-3-2-7(8)4-11-12-9/h7-8,10H,2-6H2,1H3/t7-,8+/m1/s1. The van der Waals surface area contributed by atoms with E-state index in [1.54, 1.807) is 7.11 Å². The van der Waals surface area contributed by atoms with Gasteiger partial charge in [-0.1, -0.05) is 5.11 Å². The number of hydrogen-bond donors (Lipinski definition) is 1. The maximum Gasteiger partial charge on any atom is 0.146 e. The van der Waals surface area contributed by atoms with Crippen LogP contribution in [0.25, 0.3) is 10.4 Å². The smallest absolute Gasteiger partial charge is 0.146 e. The molecule has 1 aliphatic rings. The zero-order valence-electron chi connectivity index (χ0n) is 8.35. The maximum atomic E-state index is 8.24. The molecule has 1 saturated heterocycles. The highest BCUT2D eigenvalue weighted by Gasteiger charge is 2.24. The van der Waals surface area contributed by atoms with Gasteiger partial charge < -0.3 is 14.8 Å². The summed E-state index contributed by atoms with van der Waals surface area (Å²) < 4.78 is 10.3. The Balaban J connectivity index is 2.37. The second-order valence-corrected chi connectivity index (χ2v) is 3.28. The van der Waals surface area contributed by atoms with Gasteiger partial charge in [-0.05, 0) is 24.4 Å². The molecule has 0 spiro atoms. The maximum absolute atomic E-state index is 8.24. The van der Waals surface area contributed by atoms with Crippen LogP contribution in [0.5, 0.6) is 0 Å². The number of azide groups is 1. The minimum Gasteiger partial charge on any atom is -0.359 e. The minimum absolute atomic E-state index is 0.0919. The Morgan fingerprint density at radius 1 is 1.64 bits per heavy atom. The van der Waals surface area contributed by atoms with Crippen LogP contribution < -0.4 is 5.32 Å². The molecule has 6 heteroatoms. The van der Waals surface area contributed by atoms with E-state index < -0.39 is 0 Å². The molecule has 1 N–H and O–H groups in total. The van der Waals surface area contributed by atoms with Gasteiger partial charge in [-0.2, -0.15) is 0 Å². The lowest BCUT2D eigenvalue weighted by molar-refractivity contribution is -0.0950. The largest absolute Gasteiger partial charge is 0.359 e. The van der Waals surface area contributed by atoms with Crippen molar-refractivity contribution in [2.75, 3.05) is 33.5 Å². The molecule has 0 aromatic rings. The molecule has 6 nitrogen and oxygen atoms in total. The van der Waals surface area contributed by atoms with Crippen molar-refractivity contribution in [3.8, 4) is 0 Å². The van der Waals surface area contributed by atoms with Crippen LogP contribution in [0.1, 0.15) is 6.42 Å². The fourth-order valence-corrected chi connectivity index (χ4v) is 1.59. The fraction of sp³-hybridized carbons (Fsp3) is 1.00. The first-order valence-electron chi connectivity index (χ1n) is 4.70. The van der Waals surface area contributed by atoms with Gasteiger partial charge in [0.05, 0.1) is 6.10 Å². The molecule has 0 unspecified atom stereocenters. The van der Waals surface area contributed by atoms with E-state index in [4.69, 9.17) is 15.0 Å². The van der Waals surface area contributed by atoms with Gasteiger partial charge in [0.1, 0.15) is 6.79 Å². The number of ether oxygens (including phenoxy) is 2. The summed E-state index contributed by atoms with van der Waals surface area (Å²) in [4.78, 5) is 2.76. The van der Waals surface area contributed by atoms with Gasteiger partial charge in [0, 0.05) is 25.1 Å². The Morgan fingerprint density at radius 3 is 3.21 bits per heavy atom. The minimum atomic E-state index is 0.0919. The zero-order valence-corrected chi connectivity index (χ0v) is 8.35. The van der Waals surface area contributed by atoms with Gasteiger partial charge in [0.25, 0.3) is 0 Å². The number of hydrogen-bond acceptors (Lipinski definition) is 4. The Morgan fingerprint density at radius 2 is 2.50 bits per heavy atom. The molecule has 0 aliphatic carbocycles. The Kier molecular flexibility index (Phi) is 5.32. The Bertz CT molecular complexity index is 206. The lowest BCUT2D eigenvalue weighted by atomic mass is 9.95. The fourth-order valence-electron chi connectivity index (χ4n) is 1.59. The van der Waals surface area contributed by atoms with Gasteiger partial charge in [0.15, 0.2) is 0 Å². The van der Waals surface area contributed by atoms with E-state index in [9.17, 15) is 0 Å². The van der Waals surface area contributed by atoms with Crippen molar-refractivity contribution in [2.24, 2.45) is 11.0 Å². The van der Waals surface area contributed by atoms with E-state index in [1.807, 2.05) is 0 Å². The van der Waals surface area contributed by atoms with Crippen LogP contribution in [0.2, 0.25) is 0 Å². The number of methoxy groups -OCH3 is 1. The van der Waals surface area contributed by atoms with Gasteiger partial charge in [-0.3, -0.25) is 0 Å². The zero-order chi connectivity index (χ0) is 10.2. The highest BCUT2D eigenvalue weighted by atomic mass is 16.7. The van der Waals surface area contributed by atoms with Gasteiger partial charge in [0.2, 0.25) is 0 Å². The normalized spacial score (nSPS) is 26.9. The van der Waals surface area contributed by atoms with E-state index >= 15 is 0 Å². The van der Waals surface area contributed by atoms with Crippen molar-refractivity contribution in [2.45, 2.75) is 12.5 Å². The Labute approximate surface area is 83.2 Å². The summed E-state index contributed by atoms with van der Waals surface area (Å²) in [5, 5.41) is 6.82. The number of rotatable bonds is 5. The summed E-state index contributed by atoms with van der Waals surface area (Å²) >= 11 is 0. The molecular formula is C8H16N4O2. The number of nitrogens with zero attached hydrogens (tertiary/aromatic N) is 3. The molecule has 1 heterocycles. The van der Waals surface area contributed by atoms with Crippen LogP contribution >= 0.6 is 0 Å². The van der Waals surface area contributed by atoms with Gasteiger partial charge >= 0.3 is 0 Å². The van der Waals surface area contributed by atoms with Crippen molar-refractivity contribution in [3.05, 3.63) is 10.4 Å². The highest BCUT2D eigenvalue weighted by molar-refractivity contribution is 4.80. The molecule has 14 heavy (non-hydrogen) atoms. The number of piperidine rings is 1. The predicted octanol–water partition coefficient (Wildman–Crippen LogP) is 0.895. The average molecular weight is 200 g/mol. The monoisotopic (exact) mass is 200 g/mol. The molecular weight excluding hydrogens is 184 g/mol. The van der Waals surface area contributed by atoms with Crippen LogP contribution in [-0.2, 0) is 9.47 Å². The van der Waals surface area contributed by atoms with E-state index in [0.717, 1.165) is 19.5 Å². The summed E-state index contributed by atoms with van der Waals surface area (Å²) in [7, 11) is 1.60. The SMILES string of the molecule is COCO[C@H]1CNCC[C@@H]1CN=[N+]=[N-]. The second kappa shape index (κ2) is 6.62. The van der Waals surface area contributed by atoms with E-state index in [-0.39, 0.29) is 6.10 Å². The van der Waals surface area contributed by atoms with E-state index in [2.05, 4.69) is 15.3 Å². The molecule has 0 aromatic carbocycles. The molecule has 0 radical (unpaired) electrons. The van der Waals surface area contributed by atoms with Gasteiger partial charge in [-0.25, -0.2) is 0 Å². The van der Waals surface area contributed by atoms with Gasteiger partial charge in [-0.15, -0.1) is 0 Å². The first-order valence-corrected chi connectivity index (χ1v) is 4.70. The predicted molar refractivity (Wildman–Crippen MR) is 51.7 cm³/mol. The summed E-state index contributed by atoms with van der Waals surface area (Å²) in [5.74, 6) is 0.308. The van der Waals surface area contributed by atoms with Crippen molar-refractivity contribution >= 4 is 0 Å². The molecule has 80 valence electrons. The Hall–Kier alpha value is -0.810. The molecule has 0 saturated carbocycles. The van der Waals surface area contributed by atoms with Crippen molar-refractivity contribution in [1.82, 2.24) is 5.32 Å². The molecule has 0 amide bonds. The van der Waals surface area contributed by atoms with E-state index in [0.29, 0.717) is 19.3 Å². The molecule has 2 atom stereocenters. The summed E-state index contributed by atoms with van der Waals surface area (Å²) in [6, 6.07) is 0. The highest BCUT2D eigenvalue weighted by Crippen LogP contribution is 2.16. The summed E-state index contributed by atoms with van der Waals surface area (Å²) in [5.41, 5.74) is 8.24. The van der Waals surface area contributed by atoms with Crippen molar-refractivity contribution < 1.29 is 9.47 Å². The summed E-state index contributed by atoms with van der Waals surface area (Å²) in [6.45, 7) is 2.55. The quantitative estimate of drug-likeness (QED) is 0.310. The third-order valence-electron chi connectivity index (χ3n) is 2.34. The van der Waals surface area contributed by atoms with Crippen molar-refractivity contribution in [3.63, 3.8) is 0 Å². The third-order valence-corrected chi connectivity index (χ3v) is 2.34. The molecule has 1 fully saturated rings. The lowest BCUT2D eigenvalue weighted by Crippen LogP contribution is -2.43. The van der Waals surface area contributed by atoms with Crippen LogP contribution in [-0.4, -0.2) is 39.6 Å². The number of nitrogens with one attached hydrogen (secondary N) is 1. The second-order valence-electron chi connectivity index (χ2n) is 3.28. The molecule has 0 aromatic heterocycles. The summed E-state index contributed by atoms with van der Waals surface area (Å²) in [6.07, 6.45) is 1.07. The third kappa shape index (κ3) is 3.51. The lowest BCUT2D eigenvalue weighted by Gasteiger charge is -2.30. The van der Waals surface area contributed by atoms with Crippen molar-refractivity contribution in [1.29, 1.82) is 0 Å². The van der Waals surface area contributed by atoms with Crippen LogP contribution in [0.3, 0.4) is 0 Å². The molecule has 0 bridgehead atoms. The molecule has 1 aliphatic heterocycles. The van der Waals surface area contributed by atoms with E-state index in [1.165, 1.54) is 0 Å². The van der Waals surface area contributed by atoms with Crippen LogP contribution in [0.15, 0.2) is 5.11 Å². The first kappa shape index (κ1) is 11.3. The average Bonchev–Trinajstić information content (AvgIpc) is 2.24. The first-order chi connectivity index (χ1) is 6.88.